The number of ether oxygens (including phenoxy) is 2. The van der Waals surface area contributed by atoms with E-state index < -0.39 is 5.91 Å². The molecule has 0 fully saturated rings. The summed E-state index contributed by atoms with van der Waals surface area (Å²) in [5, 5.41) is 0. The summed E-state index contributed by atoms with van der Waals surface area (Å²) in [5.41, 5.74) is 5.32. The molecule has 6 nitrogen and oxygen atoms in total. The molecule has 3 N–H and O–H groups in total. The Morgan fingerprint density at radius 2 is 2.04 bits per heavy atom. The standard InChI is InChI=1S/C19H23N3O3/c1-24-18-12-16(6-7-17(18)19(23)21-20)25-11-10-22-9-8-14-4-2-3-5-15(14)13-22/h2-7,12H,8-11,13,20H2,1H3,(H,21,23). The van der Waals surface area contributed by atoms with Crippen molar-refractivity contribution in [3.63, 3.8) is 0 Å². The SMILES string of the molecule is COc1cc(OCCN2CCc3ccccc3C2)ccc1C(=O)NN. The fourth-order valence-corrected chi connectivity index (χ4v) is 3.06. The molecule has 0 spiro atoms. The molecule has 3 rings (SSSR count). The number of benzene rings is 2. The number of carbonyl (C=O) groups excluding carboxylic acids is 1. The first-order chi connectivity index (χ1) is 12.2. The van der Waals surface area contributed by atoms with Crippen molar-refractivity contribution in [2.24, 2.45) is 5.84 Å². The molecule has 0 saturated carbocycles. The van der Waals surface area contributed by atoms with Crippen LogP contribution in [0.3, 0.4) is 0 Å². The van der Waals surface area contributed by atoms with Gasteiger partial charge in [-0.25, -0.2) is 5.84 Å². The van der Waals surface area contributed by atoms with Crippen molar-refractivity contribution in [3.8, 4) is 11.5 Å². The molecule has 0 atom stereocenters. The lowest BCUT2D eigenvalue weighted by molar-refractivity contribution is 0.0950. The number of hydrogen-bond donors (Lipinski definition) is 2. The van der Waals surface area contributed by atoms with E-state index in [4.69, 9.17) is 15.3 Å². The smallest absolute Gasteiger partial charge is 0.268 e. The van der Waals surface area contributed by atoms with E-state index in [1.807, 2.05) is 0 Å². The summed E-state index contributed by atoms with van der Waals surface area (Å²) in [6.45, 7) is 3.42. The van der Waals surface area contributed by atoms with Gasteiger partial charge in [-0.15, -0.1) is 0 Å². The molecular formula is C19H23N3O3. The van der Waals surface area contributed by atoms with E-state index in [-0.39, 0.29) is 0 Å². The molecule has 2 aromatic rings. The van der Waals surface area contributed by atoms with Crippen LogP contribution in [-0.2, 0) is 13.0 Å². The fraction of sp³-hybridized carbons (Fsp3) is 0.316. The Balaban J connectivity index is 1.55. The van der Waals surface area contributed by atoms with E-state index in [0.29, 0.717) is 23.7 Å². The normalized spacial score (nSPS) is 13.8. The number of rotatable bonds is 6. The van der Waals surface area contributed by atoms with Gasteiger partial charge in [0.15, 0.2) is 0 Å². The third-order valence-electron chi connectivity index (χ3n) is 4.43. The number of nitrogen functional groups attached to an aromatic ring is 1. The minimum atomic E-state index is -0.393. The lowest BCUT2D eigenvalue weighted by Crippen LogP contribution is -2.33. The molecule has 0 bridgehead atoms. The van der Waals surface area contributed by atoms with Crippen LogP contribution in [0, 0.1) is 0 Å². The van der Waals surface area contributed by atoms with Gasteiger partial charge in [0.1, 0.15) is 18.1 Å². The van der Waals surface area contributed by atoms with Crippen molar-refractivity contribution in [1.29, 1.82) is 0 Å². The fourth-order valence-electron chi connectivity index (χ4n) is 3.06. The van der Waals surface area contributed by atoms with Gasteiger partial charge in [0.25, 0.3) is 5.91 Å². The lowest BCUT2D eigenvalue weighted by Gasteiger charge is -2.28. The van der Waals surface area contributed by atoms with Gasteiger partial charge in [0.05, 0.1) is 12.7 Å². The molecule has 0 unspecified atom stereocenters. The first-order valence-corrected chi connectivity index (χ1v) is 8.32. The van der Waals surface area contributed by atoms with E-state index in [1.54, 1.807) is 18.2 Å². The number of hydrazine groups is 1. The molecule has 2 aromatic carbocycles. The van der Waals surface area contributed by atoms with E-state index in [1.165, 1.54) is 18.2 Å². The van der Waals surface area contributed by atoms with Crippen molar-refractivity contribution in [2.75, 3.05) is 26.8 Å². The molecule has 132 valence electrons. The van der Waals surface area contributed by atoms with E-state index >= 15 is 0 Å². The second-order valence-corrected chi connectivity index (χ2v) is 5.98. The van der Waals surface area contributed by atoms with Crippen LogP contribution in [0.25, 0.3) is 0 Å². The van der Waals surface area contributed by atoms with E-state index in [9.17, 15) is 4.79 Å². The minimum Gasteiger partial charge on any atom is -0.496 e. The molecule has 1 heterocycles. The highest BCUT2D eigenvalue weighted by Crippen LogP contribution is 2.25. The van der Waals surface area contributed by atoms with Gasteiger partial charge in [-0.3, -0.25) is 15.1 Å². The Morgan fingerprint density at radius 3 is 2.80 bits per heavy atom. The topological polar surface area (TPSA) is 76.8 Å². The van der Waals surface area contributed by atoms with E-state index in [2.05, 4.69) is 34.6 Å². The molecule has 25 heavy (non-hydrogen) atoms. The number of hydrogen-bond acceptors (Lipinski definition) is 5. The third-order valence-corrected chi connectivity index (χ3v) is 4.43. The predicted octanol–water partition coefficient (Wildman–Crippen LogP) is 1.74. The van der Waals surface area contributed by atoms with Crippen LogP contribution >= 0.6 is 0 Å². The van der Waals surface area contributed by atoms with Crippen LogP contribution in [0.5, 0.6) is 11.5 Å². The molecule has 6 heteroatoms. The average molecular weight is 341 g/mol. The Bertz CT molecular complexity index is 748. The first-order valence-electron chi connectivity index (χ1n) is 8.32. The maximum Gasteiger partial charge on any atom is 0.268 e. The van der Waals surface area contributed by atoms with Crippen LogP contribution in [0.1, 0.15) is 21.5 Å². The predicted molar refractivity (Wildman–Crippen MR) is 95.6 cm³/mol. The summed E-state index contributed by atoms with van der Waals surface area (Å²) in [4.78, 5) is 14.0. The van der Waals surface area contributed by atoms with E-state index in [0.717, 1.165) is 26.1 Å². The van der Waals surface area contributed by atoms with Gasteiger partial charge in [-0.1, -0.05) is 24.3 Å². The quantitative estimate of drug-likeness (QED) is 0.475. The first kappa shape index (κ1) is 17.3. The maximum atomic E-state index is 11.7. The van der Waals surface area contributed by atoms with Crippen LogP contribution in [-0.4, -0.2) is 37.6 Å². The number of nitrogens with two attached hydrogens (primary N) is 1. The van der Waals surface area contributed by atoms with Gasteiger partial charge in [-0.05, 0) is 29.7 Å². The Morgan fingerprint density at radius 1 is 1.24 bits per heavy atom. The maximum absolute atomic E-state index is 11.7. The Kier molecular flexibility index (Phi) is 5.53. The highest BCUT2D eigenvalue weighted by Gasteiger charge is 2.16. The van der Waals surface area contributed by atoms with Crippen molar-refractivity contribution in [2.45, 2.75) is 13.0 Å². The number of fused-ring (bicyclic) bond motifs is 1. The largest absolute Gasteiger partial charge is 0.496 e. The summed E-state index contributed by atoms with van der Waals surface area (Å²) in [7, 11) is 1.51. The minimum absolute atomic E-state index is 0.380. The number of methoxy groups -OCH3 is 1. The summed E-state index contributed by atoms with van der Waals surface area (Å²) < 4.78 is 11.1. The summed E-state index contributed by atoms with van der Waals surface area (Å²) in [5.74, 6) is 5.88. The molecular weight excluding hydrogens is 318 g/mol. The molecule has 0 radical (unpaired) electrons. The van der Waals surface area contributed by atoms with Crippen LogP contribution < -0.4 is 20.7 Å². The molecule has 0 saturated heterocycles. The van der Waals surface area contributed by atoms with Crippen LogP contribution in [0.15, 0.2) is 42.5 Å². The number of carbonyl (C=O) groups is 1. The average Bonchev–Trinajstić information content (AvgIpc) is 2.67. The van der Waals surface area contributed by atoms with Gasteiger partial charge in [0, 0.05) is 25.7 Å². The summed E-state index contributed by atoms with van der Waals surface area (Å²) in [6, 6.07) is 13.7. The summed E-state index contributed by atoms with van der Waals surface area (Å²) >= 11 is 0. The van der Waals surface area contributed by atoms with Crippen molar-refractivity contribution >= 4 is 5.91 Å². The van der Waals surface area contributed by atoms with Gasteiger partial charge in [0.2, 0.25) is 0 Å². The Labute approximate surface area is 147 Å². The zero-order valence-corrected chi connectivity index (χ0v) is 14.3. The summed E-state index contributed by atoms with van der Waals surface area (Å²) in [6.07, 6.45) is 1.08. The molecule has 1 aliphatic rings. The second kappa shape index (κ2) is 8.00. The zero-order valence-electron chi connectivity index (χ0n) is 14.3. The molecule has 1 amide bonds. The van der Waals surface area contributed by atoms with Crippen molar-refractivity contribution in [1.82, 2.24) is 10.3 Å². The highest BCUT2D eigenvalue weighted by molar-refractivity contribution is 5.96. The van der Waals surface area contributed by atoms with Gasteiger partial charge < -0.3 is 9.47 Å². The number of nitrogens with one attached hydrogen (secondary N) is 1. The zero-order chi connectivity index (χ0) is 17.6. The number of amides is 1. The Hall–Kier alpha value is -2.57. The van der Waals surface area contributed by atoms with Crippen molar-refractivity contribution < 1.29 is 14.3 Å². The van der Waals surface area contributed by atoms with Crippen molar-refractivity contribution in [3.05, 3.63) is 59.2 Å². The number of nitrogens with zero attached hydrogens (tertiary/aromatic N) is 1. The highest BCUT2D eigenvalue weighted by atomic mass is 16.5. The molecule has 0 aliphatic carbocycles. The van der Waals surface area contributed by atoms with Gasteiger partial charge in [-0.2, -0.15) is 0 Å². The van der Waals surface area contributed by atoms with Crippen LogP contribution in [0.2, 0.25) is 0 Å². The molecule has 1 aliphatic heterocycles. The third kappa shape index (κ3) is 4.10. The van der Waals surface area contributed by atoms with Gasteiger partial charge >= 0.3 is 0 Å². The molecule has 0 aromatic heterocycles. The lowest BCUT2D eigenvalue weighted by atomic mass is 10.0. The second-order valence-electron chi connectivity index (χ2n) is 5.98. The van der Waals surface area contributed by atoms with Crippen LogP contribution in [0.4, 0.5) is 0 Å². The monoisotopic (exact) mass is 341 g/mol.